The molecule has 0 amide bonds. The summed E-state index contributed by atoms with van der Waals surface area (Å²) in [6, 6.07) is 2.52. The van der Waals surface area contributed by atoms with Crippen LogP contribution >= 0.6 is 11.8 Å². The number of pyridine rings is 1. The molecule has 3 heterocycles. The van der Waals surface area contributed by atoms with Crippen LogP contribution in [0.2, 0.25) is 0 Å². The molecule has 0 radical (unpaired) electrons. The van der Waals surface area contributed by atoms with Crippen molar-refractivity contribution in [3.63, 3.8) is 0 Å². The lowest BCUT2D eigenvalue weighted by molar-refractivity contribution is -0.287. The zero-order valence-corrected chi connectivity index (χ0v) is 15.4. The van der Waals surface area contributed by atoms with Gasteiger partial charge in [-0.05, 0) is 18.6 Å². The third kappa shape index (κ3) is 4.37. The van der Waals surface area contributed by atoms with Gasteiger partial charge in [-0.2, -0.15) is 13.2 Å². The Hall–Kier alpha value is -1.40. The normalized spacial score (nSPS) is 33.6. The number of aryl methyl sites for hydroxylation is 1. The molecule has 2 aliphatic rings. The number of thioether (sulfide) groups is 1. The second-order valence-electron chi connectivity index (χ2n) is 6.35. The molecular formula is C16H20F3N3O4S. The number of rotatable bonds is 4. The van der Waals surface area contributed by atoms with Gasteiger partial charge in [0.15, 0.2) is 11.3 Å². The van der Waals surface area contributed by atoms with Crippen molar-refractivity contribution in [3.8, 4) is 0 Å². The number of halogens is 3. The molecule has 0 aromatic carbocycles. The third-order valence-electron chi connectivity index (χ3n) is 4.38. The fraction of sp³-hybridized carbons (Fsp3) is 0.625. The Balaban J connectivity index is 1.77. The van der Waals surface area contributed by atoms with Crippen LogP contribution in [-0.4, -0.2) is 69.5 Å². The monoisotopic (exact) mass is 407 g/mol. The first-order valence-electron chi connectivity index (χ1n) is 8.22. The number of alkyl halides is 3. The minimum Gasteiger partial charge on any atom is -0.388 e. The van der Waals surface area contributed by atoms with Gasteiger partial charge in [0, 0.05) is 18.9 Å². The molecule has 0 saturated carbocycles. The summed E-state index contributed by atoms with van der Waals surface area (Å²) < 4.78 is 51.3. The van der Waals surface area contributed by atoms with Gasteiger partial charge in [0.05, 0.1) is 12.6 Å². The van der Waals surface area contributed by atoms with Crippen molar-refractivity contribution < 1.29 is 32.9 Å². The molecule has 3 N–H and O–H groups in total. The molecule has 0 aliphatic carbocycles. The topological polar surface area (TPSA) is 96.2 Å². The molecule has 11 heteroatoms. The van der Waals surface area contributed by atoms with Gasteiger partial charge >= 0.3 is 6.18 Å². The Kier molecular flexibility index (Phi) is 5.96. The van der Waals surface area contributed by atoms with E-state index in [1.54, 1.807) is 19.1 Å². The van der Waals surface area contributed by atoms with E-state index < -0.39 is 42.1 Å². The van der Waals surface area contributed by atoms with E-state index in [-0.39, 0.29) is 6.61 Å². The Morgan fingerprint density at radius 1 is 1.37 bits per heavy atom. The van der Waals surface area contributed by atoms with Crippen molar-refractivity contribution in [2.75, 3.05) is 7.05 Å². The quantitative estimate of drug-likeness (QED) is 0.685. The van der Waals surface area contributed by atoms with E-state index in [1.807, 2.05) is 0 Å². The molecule has 3 rings (SSSR count). The largest absolute Gasteiger partial charge is 0.417 e. The third-order valence-corrected chi connectivity index (χ3v) is 5.54. The van der Waals surface area contributed by atoms with Crippen molar-refractivity contribution in [2.45, 2.75) is 55.6 Å². The maximum atomic E-state index is 13.6. The lowest BCUT2D eigenvalue weighted by Crippen LogP contribution is -2.63. The van der Waals surface area contributed by atoms with E-state index in [4.69, 9.17) is 9.47 Å². The highest BCUT2D eigenvalue weighted by Gasteiger charge is 2.57. The first-order chi connectivity index (χ1) is 12.7. The number of ether oxygens (including phenoxy) is 2. The number of aromatic nitrogens is 1. The highest BCUT2D eigenvalue weighted by Crippen LogP contribution is 2.39. The van der Waals surface area contributed by atoms with E-state index in [0.717, 1.165) is 17.5 Å². The lowest BCUT2D eigenvalue weighted by Gasteiger charge is -2.42. The van der Waals surface area contributed by atoms with E-state index in [2.05, 4.69) is 15.3 Å². The number of amidine groups is 1. The van der Waals surface area contributed by atoms with Crippen LogP contribution in [0.3, 0.4) is 0 Å². The zero-order valence-electron chi connectivity index (χ0n) is 14.6. The average Bonchev–Trinajstić information content (AvgIpc) is 3.03. The minimum absolute atomic E-state index is 0.360. The van der Waals surface area contributed by atoms with E-state index in [0.29, 0.717) is 10.7 Å². The van der Waals surface area contributed by atoms with E-state index in [9.17, 15) is 23.4 Å². The Morgan fingerprint density at radius 2 is 2.11 bits per heavy atom. The molecule has 7 nitrogen and oxygen atoms in total. The van der Waals surface area contributed by atoms with Gasteiger partial charge in [-0.15, -0.1) is 0 Å². The number of hydrogen-bond acceptors (Lipinski definition) is 7. The molecule has 150 valence electrons. The predicted molar refractivity (Wildman–Crippen MR) is 92.2 cm³/mol. The molecular weight excluding hydrogens is 387 g/mol. The van der Waals surface area contributed by atoms with Crippen LogP contribution in [0.25, 0.3) is 0 Å². The Morgan fingerprint density at radius 3 is 2.70 bits per heavy atom. The van der Waals surface area contributed by atoms with Gasteiger partial charge in [-0.3, -0.25) is 9.98 Å². The summed E-state index contributed by atoms with van der Waals surface area (Å²) in [6.07, 6.45) is -10.8. The fourth-order valence-corrected chi connectivity index (χ4v) is 4.03. The molecule has 1 aromatic rings. The van der Waals surface area contributed by atoms with Gasteiger partial charge in [-0.25, -0.2) is 0 Å². The molecule has 27 heavy (non-hydrogen) atoms. The predicted octanol–water partition coefficient (Wildman–Crippen LogP) is 0.975. The van der Waals surface area contributed by atoms with Gasteiger partial charge in [-0.1, -0.05) is 17.8 Å². The standard InChI is InChI=1S/C16H20F3N3O4S/c1-7-3-4-8(5-21-7)6-25-13(16(17,18)19)12-11(24)10(23)9-14(26-12)27-15(20-2)22-9/h3-5,9-14,23-24H,6H2,1-2H3,(H,20,22). The Bertz CT molecular complexity index is 688. The molecule has 0 bridgehead atoms. The molecule has 6 unspecified atom stereocenters. The number of nitrogens with zero attached hydrogens (tertiary/aromatic N) is 2. The van der Waals surface area contributed by atoms with Crippen molar-refractivity contribution >= 4 is 16.9 Å². The highest BCUT2D eigenvalue weighted by molar-refractivity contribution is 8.14. The van der Waals surface area contributed by atoms with Crippen molar-refractivity contribution in [3.05, 3.63) is 29.6 Å². The van der Waals surface area contributed by atoms with Gasteiger partial charge in [0.25, 0.3) is 0 Å². The fourth-order valence-electron chi connectivity index (χ4n) is 2.94. The summed E-state index contributed by atoms with van der Waals surface area (Å²) in [4.78, 5) is 7.92. The van der Waals surface area contributed by atoms with Gasteiger partial charge < -0.3 is 25.0 Å². The summed E-state index contributed by atoms with van der Waals surface area (Å²) >= 11 is 1.06. The first-order valence-corrected chi connectivity index (χ1v) is 9.10. The van der Waals surface area contributed by atoms with Gasteiger partial charge in [0.2, 0.25) is 0 Å². The smallest absolute Gasteiger partial charge is 0.388 e. The minimum atomic E-state index is -4.80. The summed E-state index contributed by atoms with van der Waals surface area (Å²) in [5.74, 6) is 0. The van der Waals surface area contributed by atoms with Crippen LogP contribution in [0.4, 0.5) is 13.2 Å². The van der Waals surface area contributed by atoms with Crippen LogP contribution in [0.1, 0.15) is 11.3 Å². The van der Waals surface area contributed by atoms with Crippen molar-refractivity contribution in [1.29, 1.82) is 0 Å². The van der Waals surface area contributed by atoms with Crippen LogP contribution in [0, 0.1) is 6.92 Å². The van der Waals surface area contributed by atoms with Crippen LogP contribution < -0.4 is 5.32 Å². The van der Waals surface area contributed by atoms with Gasteiger partial charge in [0.1, 0.15) is 23.7 Å². The number of aliphatic imine (C=N–C) groups is 1. The molecule has 0 spiro atoms. The SMILES string of the molecule is CN=C1NC2C(OC(C(OCc3ccc(C)nc3)C(F)(F)F)C(O)C2O)S1. The molecule has 2 fully saturated rings. The summed E-state index contributed by atoms with van der Waals surface area (Å²) in [7, 11) is 1.50. The maximum Gasteiger partial charge on any atom is 0.417 e. The van der Waals surface area contributed by atoms with Crippen LogP contribution in [0.15, 0.2) is 23.3 Å². The number of aliphatic hydroxyl groups is 2. The van der Waals surface area contributed by atoms with E-state index in [1.165, 1.54) is 13.2 Å². The summed E-state index contributed by atoms with van der Waals surface area (Å²) in [5, 5.41) is 23.8. The average molecular weight is 407 g/mol. The molecule has 1 aromatic heterocycles. The van der Waals surface area contributed by atoms with Crippen molar-refractivity contribution in [2.24, 2.45) is 4.99 Å². The second-order valence-corrected chi connectivity index (χ2v) is 7.44. The zero-order chi connectivity index (χ0) is 19.8. The lowest BCUT2D eigenvalue weighted by atomic mass is 9.94. The first kappa shape index (κ1) is 20.3. The molecule has 2 aliphatic heterocycles. The summed E-state index contributed by atoms with van der Waals surface area (Å²) in [5.41, 5.74) is 0.364. The highest BCUT2D eigenvalue weighted by atomic mass is 32.2. The number of aliphatic hydroxyl groups excluding tert-OH is 2. The number of fused-ring (bicyclic) bond motifs is 1. The second kappa shape index (κ2) is 7.92. The Labute approximate surface area is 158 Å². The maximum absolute atomic E-state index is 13.6. The molecule has 2 saturated heterocycles. The van der Waals surface area contributed by atoms with E-state index >= 15 is 0 Å². The van der Waals surface area contributed by atoms with Crippen LogP contribution in [0.5, 0.6) is 0 Å². The number of nitrogens with one attached hydrogen (secondary N) is 1. The summed E-state index contributed by atoms with van der Waals surface area (Å²) in [6.45, 7) is 1.40. The molecule has 6 atom stereocenters. The van der Waals surface area contributed by atoms with Crippen molar-refractivity contribution in [1.82, 2.24) is 10.3 Å². The number of hydrogen-bond donors (Lipinski definition) is 3. The van der Waals surface area contributed by atoms with Crippen LogP contribution in [-0.2, 0) is 16.1 Å².